The highest BCUT2D eigenvalue weighted by atomic mass is 16.5. The molecule has 0 saturated heterocycles. The Morgan fingerprint density at radius 2 is 1.68 bits per heavy atom. The molecule has 1 heterocycles. The zero-order valence-electron chi connectivity index (χ0n) is 16.1. The molecule has 1 amide bonds. The lowest BCUT2D eigenvalue weighted by Crippen LogP contribution is -2.20. The molecular formula is C21H23N3O4. The highest BCUT2D eigenvalue weighted by Crippen LogP contribution is 2.22. The Morgan fingerprint density at radius 3 is 2.32 bits per heavy atom. The first-order valence-electron chi connectivity index (χ1n) is 9.14. The first-order valence-corrected chi connectivity index (χ1v) is 9.14. The van der Waals surface area contributed by atoms with Crippen LogP contribution in [0.4, 0.5) is 5.95 Å². The van der Waals surface area contributed by atoms with Crippen LogP contribution >= 0.6 is 0 Å². The molecule has 0 saturated carbocycles. The number of anilines is 1. The number of hydrogen-bond acceptors (Lipinski definition) is 6. The van der Waals surface area contributed by atoms with Gasteiger partial charge in [0, 0.05) is 5.56 Å². The van der Waals surface area contributed by atoms with Crippen LogP contribution in [0.1, 0.15) is 32.3 Å². The standard InChI is InChI=1S/C21H23N3O4/c1-4-26-17-11-7-16(8-12-17)20-23-21(24-28-20)22-19(25)13-27-18-9-5-15(6-10-18)14(2)3/h5-12,14H,4,13H2,1-3H3,(H,22,24,25). The van der Waals surface area contributed by atoms with Crippen molar-refractivity contribution in [3.05, 3.63) is 54.1 Å². The van der Waals surface area contributed by atoms with Crippen LogP contribution in [0.15, 0.2) is 53.1 Å². The number of carbonyl (C=O) groups is 1. The first kappa shape index (κ1) is 19.4. The molecule has 0 aliphatic rings. The Bertz CT molecular complexity index is 902. The van der Waals surface area contributed by atoms with Gasteiger partial charge in [0.25, 0.3) is 17.7 Å². The third-order valence-corrected chi connectivity index (χ3v) is 4.01. The molecule has 3 rings (SSSR count). The summed E-state index contributed by atoms with van der Waals surface area (Å²) in [6, 6.07) is 14.9. The van der Waals surface area contributed by atoms with E-state index < -0.39 is 0 Å². The molecule has 0 unspecified atom stereocenters. The number of ether oxygens (including phenoxy) is 2. The van der Waals surface area contributed by atoms with E-state index in [0.29, 0.717) is 24.2 Å². The molecule has 2 aromatic carbocycles. The molecule has 0 radical (unpaired) electrons. The average Bonchev–Trinajstić information content (AvgIpc) is 3.16. The second-order valence-corrected chi connectivity index (χ2v) is 6.44. The Hall–Kier alpha value is -3.35. The zero-order chi connectivity index (χ0) is 19.9. The minimum absolute atomic E-state index is 0.0904. The van der Waals surface area contributed by atoms with Gasteiger partial charge in [-0.05, 0) is 60.0 Å². The van der Waals surface area contributed by atoms with Gasteiger partial charge in [0.15, 0.2) is 6.61 Å². The number of rotatable bonds is 8. The van der Waals surface area contributed by atoms with Crippen molar-refractivity contribution in [2.75, 3.05) is 18.5 Å². The van der Waals surface area contributed by atoms with Crippen molar-refractivity contribution < 1.29 is 18.8 Å². The van der Waals surface area contributed by atoms with Crippen LogP contribution in [-0.4, -0.2) is 29.3 Å². The molecule has 0 bridgehead atoms. The van der Waals surface area contributed by atoms with E-state index >= 15 is 0 Å². The fourth-order valence-electron chi connectivity index (χ4n) is 2.51. The summed E-state index contributed by atoms with van der Waals surface area (Å²) in [5.74, 6) is 1.86. The number of nitrogens with zero attached hydrogens (tertiary/aromatic N) is 2. The third-order valence-electron chi connectivity index (χ3n) is 4.01. The van der Waals surface area contributed by atoms with Crippen molar-refractivity contribution in [1.82, 2.24) is 10.1 Å². The van der Waals surface area contributed by atoms with Crippen LogP contribution in [0.5, 0.6) is 11.5 Å². The third kappa shape index (κ3) is 5.09. The molecule has 0 aliphatic heterocycles. The van der Waals surface area contributed by atoms with Crippen molar-refractivity contribution in [3.8, 4) is 23.0 Å². The first-order chi connectivity index (χ1) is 13.5. The summed E-state index contributed by atoms with van der Waals surface area (Å²) >= 11 is 0. The topological polar surface area (TPSA) is 86.5 Å². The molecule has 1 aromatic heterocycles. The Labute approximate surface area is 163 Å². The van der Waals surface area contributed by atoms with Crippen LogP contribution in [0.25, 0.3) is 11.5 Å². The smallest absolute Gasteiger partial charge is 0.270 e. The molecule has 7 heteroatoms. The van der Waals surface area contributed by atoms with Crippen molar-refractivity contribution in [2.45, 2.75) is 26.7 Å². The van der Waals surface area contributed by atoms with Gasteiger partial charge in [-0.25, -0.2) is 0 Å². The van der Waals surface area contributed by atoms with Gasteiger partial charge >= 0.3 is 0 Å². The number of aromatic nitrogens is 2. The van der Waals surface area contributed by atoms with Gasteiger partial charge in [-0.3, -0.25) is 10.1 Å². The second-order valence-electron chi connectivity index (χ2n) is 6.44. The molecule has 0 spiro atoms. The summed E-state index contributed by atoms with van der Waals surface area (Å²) in [5, 5.41) is 6.33. The van der Waals surface area contributed by atoms with Gasteiger partial charge in [0.1, 0.15) is 11.5 Å². The summed E-state index contributed by atoms with van der Waals surface area (Å²) < 4.78 is 16.1. The molecule has 0 atom stereocenters. The SMILES string of the molecule is CCOc1ccc(-c2nc(NC(=O)COc3ccc(C(C)C)cc3)no2)cc1. The maximum absolute atomic E-state index is 12.0. The van der Waals surface area contributed by atoms with Crippen molar-refractivity contribution in [2.24, 2.45) is 0 Å². The van der Waals surface area contributed by atoms with Gasteiger partial charge in [-0.15, -0.1) is 0 Å². The maximum Gasteiger partial charge on any atom is 0.270 e. The fraction of sp³-hybridized carbons (Fsp3) is 0.286. The van der Waals surface area contributed by atoms with Crippen molar-refractivity contribution >= 4 is 11.9 Å². The lowest BCUT2D eigenvalue weighted by molar-refractivity contribution is -0.118. The van der Waals surface area contributed by atoms with Gasteiger partial charge in [0.05, 0.1) is 6.61 Å². The van der Waals surface area contributed by atoms with E-state index in [4.69, 9.17) is 14.0 Å². The van der Waals surface area contributed by atoms with Gasteiger partial charge < -0.3 is 14.0 Å². The number of hydrogen-bond donors (Lipinski definition) is 1. The Morgan fingerprint density at radius 1 is 1.04 bits per heavy atom. The Balaban J connectivity index is 1.53. The average molecular weight is 381 g/mol. The van der Waals surface area contributed by atoms with Crippen LogP contribution < -0.4 is 14.8 Å². The maximum atomic E-state index is 12.0. The normalized spacial score (nSPS) is 10.7. The van der Waals surface area contributed by atoms with E-state index in [1.54, 1.807) is 0 Å². The Kier molecular flexibility index (Phi) is 6.26. The van der Waals surface area contributed by atoms with Crippen molar-refractivity contribution in [1.29, 1.82) is 0 Å². The molecule has 28 heavy (non-hydrogen) atoms. The largest absolute Gasteiger partial charge is 0.494 e. The fourth-order valence-corrected chi connectivity index (χ4v) is 2.51. The van der Waals surface area contributed by atoms with E-state index in [1.807, 2.05) is 55.5 Å². The molecule has 1 N–H and O–H groups in total. The molecule has 0 fully saturated rings. The van der Waals surface area contributed by atoms with E-state index in [0.717, 1.165) is 11.3 Å². The lowest BCUT2D eigenvalue weighted by atomic mass is 10.0. The number of carbonyl (C=O) groups excluding carboxylic acids is 1. The van der Waals surface area contributed by atoms with Crippen molar-refractivity contribution in [3.63, 3.8) is 0 Å². The highest BCUT2D eigenvalue weighted by Gasteiger charge is 2.12. The molecule has 146 valence electrons. The number of amides is 1. The minimum atomic E-state index is -0.369. The molecule has 3 aromatic rings. The summed E-state index contributed by atoms with van der Waals surface area (Å²) in [6.07, 6.45) is 0. The van der Waals surface area contributed by atoms with Crippen LogP contribution in [0.3, 0.4) is 0 Å². The molecule has 7 nitrogen and oxygen atoms in total. The number of benzene rings is 2. The predicted molar refractivity (Wildman–Crippen MR) is 106 cm³/mol. The van der Waals surface area contributed by atoms with Crippen LogP contribution in [0.2, 0.25) is 0 Å². The van der Waals surface area contributed by atoms with E-state index in [-0.39, 0.29) is 18.5 Å². The lowest BCUT2D eigenvalue weighted by Gasteiger charge is -2.08. The predicted octanol–water partition coefficient (Wildman–Crippen LogP) is 4.28. The monoisotopic (exact) mass is 381 g/mol. The van der Waals surface area contributed by atoms with Gasteiger partial charge in [0.2, 0.25) is 0 Å². The van der Waals surface area contributed by atoms with E-state index in [1.165, 1.54) is 5.56 Å². The van der Waals surface area contributed by atoms with Crippen LogP contribution in [0, 0.1) is 0 Å². The summed E-state index contributed by atoms with van der Waals surface area (Å²) in [4.78, 5) is 16.2. The molecule has 0 aliphatic carbocycles. The van der Waals surface area contributed by atoms with E-state index in [9.17, 15) is 4.79 Å². The van der Waals surface area contributed by atoms with E-state index in [2.05, 4.69) is 29.3 Å². The second kappa shape index (κ2) is 9.03. The van der Waals surface area contributed by atoms with Gasteiger partial charge in [-0.1, -0.05) is 26.0 Å². The van der Waals surface area contributed by atoms with Crippen LogP contribution in [-0.2, 0) is 4.79 Å². The number of nitrogens with one attached hydrogen (secondary N) is 1. The zero-order valence-corrected chi connectivity index (χ0v) is 16.1. The summed E-state index contributed by atoms with van der Waals surface area (Å²) in [7, 11) is 0. The quantitative estimate of drug-likeness (QED) is 0.627. The summed E-state index contributed by atoms with van der Waals surface area (Å²) in [6.45, 7) is 6.62. The highest BCUT2D eigenvalue weighted by molar-refractivity contribution is 5.90. The summed E-state index contributed by atoms with van der Waals surface area (Å²) in [5.41, 5.74) is 1.95. The van der Waals surface area contributed by atoms with Gasteiger partial charge in [-0.2, -0.15) is 4.98 Å². The minimum Gasteiger partial charge on any atom is -0.494 e. The molecular weight excluding hydrogens is 358 g/mol.